The Morgan fingerprint density at radius 1 is 1.07 bits per heavy atom. The molecule has 0 aromatic carbocycles. The molecule has 2 atom stereocenters. The quantitative estimate of drug-likeness (QED) is 0.788. The van der Waals surface area contributed by atoms with E-state index >= 15 is 0 Å². The molecule has 2 aliphatic heterocycles. The second-order valence-corrected chi connectivity index (χ2v) is 9.03. The molecule has 2 aliphatic rings. The fourth-order valence-corrected chi connectivity index (χ4v) is 7.66. The normalized spacial score (nSPS) is 34.1. The van der Waals surface area contributed by atoms with Crippen LogP contribution in [0, 0.1) is 0 Å². The van der Waals surface area contributed by atoms with Crippen LogP contribution in [0.15, 0.2) is 0 Å². The van der Waals surface area contributed by atoms with Crippen LogP contribution in [0.1, 0.15) is 0 Å². The molecule has 0 N–H and O–H groups in total. The summed E-state index contributed by atoms with van der Waals surface area (Å²) in [5, 5.41) is 2.70. The van der Waals surface area contributed by atoms with Crippen LogP contribution < -0.4 is 0 Å². The number of hydrogen-bond donors (Lipinski definition) is 1. The number of thioether (sulfide) groups is 4. The molecular formula is C9H16S5. The zero-order valence-corrected chi connectivity index (χ0v) is 12.2. The van der Waals surface area contributed by atoms with E-state index < -0.39 is 0 Å². The van der Waals surface area contributed by atoms with E-state index in [1.54, 1.807) is 0 Å². The zero-order valence-electron chi connectivity index (χ0n) is 8.05. The summed E-state index contributed by atoms with van der Waals surface area (Å²) in [5.41, 5.74) is 0. The third kappa shape index (κ3) is 3.65. The first-order chi connectivity index (χ1) is 6.88. The van der Waals surface area contributed by atoms with Crippen molar-refractivity contribution in [2.24, 2.45) is 0 Å². The maximum absolute atomic E-state index is 4.36. The molecular weight excluding hydrogens is 268 g/mol. The number of hydrogen-bond acceptors (Lipinski definition) is 5. The van der Waals surface area contributed by atoms with Gasteiger partial charge < -0.3 is 0 Å². The highest BCUT2D eigenvalue weighted by molar-refractivity contribution is 8.10. The molecule has 2 unspecified atom stereocenters. The van der Waals surface area contributed by atoms with E-state index in [-0.39, 0.29) is 0 Å². The topological polar surface area (TPSA) is 0 Å². The third-order valence-electron chi connectivity index (χ3n) is 2.36. The van der Waals surface area contributed by atoms with Crippen LogP contribution in [0.4, 0.5) is 0 Å². The van der Waals surface area contributed by atoms with Gasteiger partial charge in [-0.2, -0.15) is 59.7 Å². The minimum atomic E-state index is 0.809. The van der Waals surface area contributed by atoms with Crippen LogP contribution in [0.5, 0.6) is 0 Å². The summed E-state index contributed by atoms with van der Waals surface area (Å²) in [4.78, 5) is 0. The Kier molecular flexibility index (Phi) is 5.65. The highest BCUT2D eigenvalue weighted by Gasteiger charge is 2.24. The molecule has 14 heavy (non-hydrogen) atoms. The predicted molar refractivity (Wildman–Crippen MR) is 79.9 cm³/mol. The highest BCUT2D eigenvalue weighted by atomic mass is 32.2. The molecule has 2 fully saturated rings. The van der Waals surface area contributed by atoms with Crippen molar-refractivity contribution >= 4 is 59.7 Å². The van der Waals surface area contributed by atoms with Gasteiger partial charge in [0.15, 0.2) is 0 Å². The van der Waals surface area contributed by atoms with Gasteiger partial charge in [-0.05, 0) is 0 Å². The summed E-state index contributed by atoms with van der Waals surface area (Å²) in [6, 6.07) is 0. The Bertz CT molecular complexity index is 163. The molecule has 5 heteroatoms. The summed E-state index contributed by atoms with van der Waals surface area (Å²) in [5.74, 6) is 7.89. The largest absolute Gasteiger partial charge is 0.178 e. The van der Waals surface area contributed by atoms with Gasteiger partial charge in [0.1, 0.15) is 0 Å². The van der Waals surface area contributed by atoms with Gasteiger partial charge in [-0.1, -0.05) is 0 Å². The van der Waals surface area contributed by atoms with Gasteiger partial charge in [0, 0.05) is 50.3 Å². The average molecular weight is 285 g/mol. The molecule has 0 amide bonds. The van der Waals surface area contributed by atoms with Crippen molar-refractivity contribution in [1.29, 1.82) is 0 Å². The van der Waals surface area contributed by atoms with Crippen molar-refractivity contribution < 1.29 is 0 Å². The third-order valence-corrected chi connectivity index (χ3v) is 9.58. The lowest BCUT2D eigenvalue weighted by molar-refractivity contribution is 1.04. The number of thiol groups is 1. The molecule has 0 radical (unpaired) electrons. The van der Waals surface area contributed by atoms with E-state index in [2.05, 4.69) is 59.7 Å². The molecule has 0 aromatic heterocycles. The van der Waals surface area contributed by atoms with Crippen LogP contribution in [0.3, 0.4) is 0 Å². The fraction of sp³-hybridized carbons (Fsp3) is 1.00. The monoisotopic (exact) mass is 284 g/mol. The summed E-state index contributed by atoms with van der Waals surface area (Å²) in [6.45, 7) is 0. The Labute approximate surface area is 109 Å². The van der Waals surface area contributed by atoms with Gasteiger partial charge in [0.05, 0.1) is 0 Å². The molecule has 0 nitrogen and oxygen atoms in total. The standard InChI is InChI=1S/C9H16S5/c10-1-7-4-13-9(5-12-7)6-14-8-2-11-3-8/h7-10H,1-6H2. The smallest absolute Gasteiger partial charge is 0.0229 e. The minimum Gasteiger partial charge on any atom is -0.178 e. The maximum Gasteiger partial charge on any atom is 0.0229 e. The van der Waals surface area contributed by atoms with Crippen LogP contribution in [0.2, 0.25) is 0 Å². The first kappa shape index (κ1) is 12.2. The van der Waals surface area contributed by atoms with Crippen LogP contribution in [0.25, 0.3) is 0 Å². The Hall–Kier alpha value is 1.75. The molecule has 0 bridgehead atoms. The summed E-state index contributed by atoms with van der Waals surface area (Å²) >= 11 is 13.0. The lowest BCUT2D eigenvalue weighted by Gasteiger charge is -2.30. The van der Waals surface area contributed by atoms with Crippen molar-refractivity contribution in [2.75, 3.05) is 34.5 Å². The molecule has 0 saturated carbocycles. The molecule has 2 heterocycles. The maximum atomic E-state index is 4.36. The van der Waals surface area contributed by atoms with E-state index in [0.29, 0.717) is 0 Å². The van der Waals surface area contributed by atoms with Gasteiger partial charge in [0.25, 0.3) is 0 Å². The molecule has 2 saturated heterocycles. The van der Waals surface area contributed by atoms with Gasteiger partial charge in [-0.15, -0.1) is 0 Å². The Morgan fingerprint density at radius 2 is 1.79 bits per heavy atom. The van der Waals surface area contributed by atoms with E-state index in [4.69, 9.17) is 0 Å². The molecule has 0 spiro atoms. The molecule has 0 aromatic rings. The highest BCUT2D eigenvalue weighted by Crippen LogP contribution is 2.35. The van der Waals surface area contributed by atoms with Crippen molar-refractivity contribution in [1.82, 2.24) is 0 Å². The predicted octanol–water partition coefficient (Wildman–Crippen LogP) is 2.98. The van der Waals surface area contributed by atoms with E-state index in [1.165, 1.54) is 28.8 Å². The van der Waals surface area contributed by atoms with Gasteiger partial charge in [-0.25, -0.2) is 0 Å². The second-order valence-electron chi connectivity index (χ2n) is 3.59. The fourth-order valence-electron chi connectivity index (χ4n) is 1.34. The van der Waals surface area contributed by atoms with Gasteiger partial charge >= 0.3 is 0 Å². The first-order valence-electron chi connectivity index (χ1n) is 4.92. The van der Waals surface area contributed by atoms with E-state index in [0.717, 1.165) is 21.5 Å². The first-order valence-corrected chi connectivity index (χ1v) is 9.85. The number of rotatable bonds is 4. The zero-order chi connectivity index (χ0) is 9.80. The molecule has 0 aliphatic carbocycles. The van der Waals surface area contributed by atoms with E-state index in [1.807, 2.05) is 0 Å². The van der Waals surface area contributed by atoms with Crippen molar-refractivity contribution in [2.45, 2.75) is 15.7 Å². The summed E-state index contributed by atoms with van der Waals surface area (Å²) in [7, 11) is 0. The van der Waals surface area contributed by atoms with Crippen molar-refractivity contribution in [3.05, 3.63) is 0 Å². The molecule has 2 rings (SSSR count). The summed E-state index contributed by atoms with van der Waals surface area (Å²) in [6.07, 6.45) is 0. The SMILES string of the molecule is SCC1CSC(CSC2CSC2)CS1. The minimum absolute atomic E-state index is 0.809. The van der Waals surface area contributed by atoms with Gasteiger partial charge in [-0.3, -0.25) is 0 Å². The Morgan fingerprint density at radius 3 is 2.29 bits per heavy atom. The van der Waals surface area contributed by atoms with Crippen molar-refractivity contribution in [3.63, 3.8) is 0 Å². The van der Waals surface area contributed by atoms with Gasteiger partial charge in [0.2, 0.25) is 0 Å². The van der Waals surface area contributed by atoms with Crippen LogP contribution in [-0.4, -0.2) is 50.3 Å². The average Bonchev–Trinajstić information content (AvgIpc) is 2.16. The molecule has 82 valence electrons. The van der Waals surface area contributed by atoms with Crippen LogP contribution >= 0.6 is 59.7 Å². The van der Waals surface area contributed by atoms with Crippen LogP contribution in [-0.2, 0) is 0 Å². The summed E-state index contributed by atoms with van der Waals surface area (Å²) < 4.78 is 0. The second kappa shape index (κ2) is 6.48. The lowest BCUT2D eigenvalue weighted by Crippen LogP contribution is -2.27. The van der Waals surface area contributed by atoms with E-state index in [9.17, 15) is 0 Å². The Balaban J connectivity index is 1.58. The lowest BCUT2D eigenvalue weighted by atomic mass is 10.5. The van der Waals surface area contributed by atoms with Crippen molar-refractivity contribution in [3.8, 4) is 0 Å².